The van der Waals surface area contributed by atoms with Crippen molar-refractivity contribution in [2.75, 3.05) is 0 Å². The third-order valence-corrected chi connectivity index (χ3v) is 3.37. The highest BCUT2D eigenvalue weighted by molar-refractivity contribution is 5.70. The molecule has 25 heavy (non-hydrogen) atoms. The van der Waals surface area contributed by atoms with E-state index in [9.17, 15) is 4.79 Å². The van der Waals surface area contributed by atoms with Crippen LogP contribution in [0.4, 0.5) is 4.79 Å². The minimum absolute atomic E-state index is 0.242. The van der Waals surface area contributed by atoms with Crippen LogP contribution in [0.2, 0.25) is 0 Å². The Hall–Kier alpha value is -3.09. The van der Waals surface area contributed by atoms with Gasteiger partial charge >= 0.3 is 6.09 Å². The lowest BCUT2D eigenvalue weighted by Gasteiger charge is -2.19. The van der Waals surface area contributed by atoms with Crippen LogP contribution in [0.15, 0.2) is 47.1 Å². The third kappa shape index (κ3) is 4.26. The van der Waals surface area contributed by atoms with Gasteiger partial charge in [0.25, 0.3) is 0 Å². The van der Waals surface area contributed by atoms with Gasteiger partial charge in [0.1, 0.15) is 11.3 Å². The van der Waals surface area contributed by atoms with E-state index in [1.165, 1.54) is 0 Å². The van der Waals surface area contributed by atoms with E-state index >= 15 is 0 Å². The van der Waals surface area contributed by atoms with Crippen molar-refractivity contribution in [3.63, 3.8) is 0 Å². The first-order valence-electron chi connectivity index (χ1n) is 7.94. The van der Waals surface area contributed by atoms with Crippen molar-refractivity contribution in [1.29, 1.82) is 0 Å². The Morgan fingerprint density at radius 2 is 2.04 bits per heavy atom. The van der Waals surface area contributed by atoms with E-state index in [-0.39, 0.29) is 6.54 Å². The average Bonchev–Trinajstić information content (AvgIpc) is 3.21. The molecule has 0 radical (unpaired) electrons. The molecule has 0 aliphatic rings. The van der Waals surface area contributed by atoms with Gasteiger partial charge in [0.05, 0.1) is 24.0 Å². The van der Waals surface area contributed by atoms with Crippen LogP contribution in [0.1, 0.15) is 26.5 Å². The molecule has 0 unspecified atom stereocenters. The molecule has 2 heterocycles. The molecule has 3 rings (SSSR count). The number of ether oxygens (including phenoxy) is 1. The number of aromatic amines is 1. The van der Waals surface area contributed by atoms with E-state index in [2.05, 4.69) is 20.7 Å². The summed E-state index contributed by atoms with van der Waals surface area (Å²) in [4.78, 5) is 11.8. The van der Waals surface area contributed by atoms with Crippen molar-refractivity contribution in [3.05, 3.63) is 48.3 Å². The van der Waals surface area contributed by atoms with Gasteiger partial charge in [-0.25, -0.2) is 4.79 Å². The molecule has 0 bridgehead atoms. The van der Waals surface area contributed by atoms with Crippen molar-refractivity contribution in [1.82, 2.24) is 20.7 Å². The first-order chi connectivity index (χ1) is 11.9. The maximum atomic E-state index is 11.8. The Balaban J connectivity index is 1.72. The predicted octanol–water partition coefficient (Wildman–Crippen LogP) is 3.76. The number of aromatic nitrogens is 3. The number of hydrogen-bond donors (Lipinski definition) is 2. The van der Waals surface area contributed by atoms with Crippen molar-refractivity contribution < 1.29 is 14.1 Å². The van der Waals surface area contributed by atoms with E-state index in [0.29, 0.717) is 11.5 Å². The molecule has 0 aliphatic carbocycles. The summed E-state index contributed by atoms with van der Waals surface area (Å²) in [5.41, 5.74) is 2.61. The third-order valence-electron chi connectivity index (χ3n) is 3.37. The second-order valence-electron chi connectivity index (χ2n) is 6.56. The summed E-state index contributed by atoms with van der Waals surface area (Å²) in [7, 11) is 0. The van der Waals surface area contributed by atoms with Crippen LogP contribution in [0.3, 0.4) is 0 Å². The Morgan fingerprint density at radius 3 is 2.76 bits per heavy atom. The fourth-order valence-electron chi connectivity index (χ4n) is 2.28. The molecule has 0 atom stereocenters. The summed E-state index contributed by atoms with van der Waals surface area (Å²) < 4.78 is 10.7. The highest BCUT2D eigenvalue weighted by Gasteiger charge is 2.18. The largest absolute Gasteiger partial charge is 0.444 e. The summed E-state index contributed by atoms with van der Waals surface area (Å²) in [6.45, 7) is 5.68. The molecule has 0 spiro atoms. The van der Waals surface area contributed by atoms with E-state index in [4.69, 9.17) is 9.26 Å². The summed E-state index contributed by atoms with van der Waals surface area (Å²) in [5, 5.41) is 13.7. The lowest BCUT2D eigenvalue weighted by Crippen LogP contribution is -2.32. The minimum atomic E-state index is -0.545. The lowest BCUT2D eigenvalue weighted by molar-refractivity contribution is 0.0523. The van der Waals surface area contributed by atoms with Crippen LogP contribution in [-0.2, 0) is 11.3 Å². The van der Waals surface area contributed by atoms with E-state index in [0.717, 1.165) is 16.8 Å². The molecular weight excluding hydrogens is 320 g/mol. The fraction of sp³-hybridized carbons (Fsp3) is 0.278. The van der Waals surface area contributed by atoms with Crippen molar-refractivity contribution >= 4 is 6.09 Å². The molecule has 7 heteroatoms. The zero-order chi connectivity index (χ0) is 17.9. The minimum Gasteiger partial charge on any atom is -0.444 e. The van der Waals surface area contributed by atoms with E-state index < -0.39 is 11.7 Å². The highest BCUT2D eigenvalue weighted by Crippen LogP contribution is 2.27. The quantitative estimate of drug-likeness (QED) is 0.754. The first-order valence-corrected chi connectivity index (χ1v) is 7.94. The molecule has 2 N–H and O–H groups in total. The summed E-state index contributed by atoms with van der Waals surface area (Å²) in [5.74, 6) is 0.577. The maximum absolute atomic E-state index is 11.8. The lowest BCUT2D eigenvalue weighted by atomic mass is 10.1. The van der Waals surface area contributed by atoms with Crippen molar-refractivity contribution in [2.24, 2.45) is 0 Å². The van der Waals surface area contributed by atoms with E-state index in [1.807, 2.05) is 57.2 Å². The molecule has 2 aromatic heterocycles. The van der Waals surface area contributed by atoms with Crippen LogP contribution in [0.5, 0.6) is 0 Å². The van der Waals surface area contributed by atoms with Crippen molar-refractivity contribution in [3.8, 4) is 22.6 Å². The molecular formula is C18H20N4O3. The molecule has 1 amide bonds. The zero-order valence-electron chi connectivity index (χ0n) is 14.4. The molecule has 7 nitrogen and oxygen atoms in total. The number of alkyl carbamates (subject to hydrolysis) is 1. The van der Waals surface area contributed by atoms with Gasteiger partial charge in [-0.2, -0.15) is 5.10 Å². The number of carbonyl (C=O) groups excluding carboxylic acids is 1. The number of rotatable bonds is 4. The highest BCUT2D eigenvalue weighted by atomic mass is 16.6. The topological polar surface area (TPSA) is 93.0 Å². The van der Waals surface area contributed by atoms with Crippen molar-refractivity contribution in [2.45, 2.75) is 32.9 Å². The monoisotopic (exact) mass is 340 g/mol. The van der Waals surface area contributed by atoms with Crippen LogP contribution in [0, 0.1) is 0 Å². The summed E-state index contributed by atoms with van der Waals surface area (Å²) >= 11 is 0. The Kier molecular flexibility index (Phi) is 4.56. The van der Waals surface area contributed by atoms with Gasteiger partial charge in [0, 0.05) is 11.6 Å². The average molecular weight is 340 g/mol. The number of carbonyl (C=O) groups is 1. The molecule has 130 valence electrons. The van der Waals surface area contributed by atoms with Gasteiger partial charge in [-0.3, -0.25) is 5.10 Å². The number of amides is 1. The van der Waals surface area contributed by atoms with Gasteiger partial charge in [-0.05, 0) is 20.8 Å². The van der Waals surface area contributed by atoms with Crippen LogP contribution in [0.25, 0.3) is 22.6 Å². The number of nitrogens with zero attached hydrogens (tertiary/aromatic N) is 2. The Morgan fingerprint density at radius 1 is 1.28 bits per heavy atom. The maximum Gasteiger partial charge on any atom is 0.407 e. The van der Waals surface area contributed by atoms with E-state index in [1.54, 1.807) is 6.20 Å². The normalized spacial score (nSPS) is 11.3. The number of H-pyrrole nitrogens is 1. The summed E-state index contributed by atoms with van der Waals surface area (Å²) in [6.07, 6.45) is 1.15. The molecule has 3 aromatic rings. The Bertz CT molecular complexity index is 847. The first kappa shape index (κ1) is 16.8. The standard InChI is InChI=1S/C18H20N4O3/c1-18(2,3)24-17(23)19-11-15-13(10-20-21-15)16-9-14(22-25-16)12-7-5-4-6-8-12/h4-10H,11H2,1-3H3,(H,19,23)(H,20,21). The second kappa shape index (κ2) is 6.80. The number of nitrogens with one attached hydrogen (secondary N) is 2. The van der Waals surface area contributed by atoms with Gasteiger partial charge < -0.3 is 14.6 Å². The fourth-order valence-corrected chi connectivity index (χ4v) is 2.28. The summed E-state index contributed by atoms with van der Waals surface area (Å²) in [6, 6.07) is 11.6. The zero-order valence-corrected chi connectivity index (χ0v) is 14.4. The van der Waals surface area contributed by atoms with Crippen LogP contribution in [-0.4, -0.2) is 27.0 Å². The van der Waals surface area contributed by atoms with Gasteiger partial charge in [-0.1, -0.05) is 35.5 Å². The molecule has 1 aromatic carbocycles. The van der Waals surface area contributed by atoms with Crippen LogP contribution >= 0.6 is 0 Å². The SMILES string of the molecule is CC(C)(C)OC(=O)NCc1[nH]ncc1-c1cc(-c2ccccc2)no1. The second-order valence-corrected chi connectivity index (χ2v) is 6.56. The van der Waals surface area contributed by atoms with Gasteiger partial charge in [-0.15, -0.1) is 0 Å². The molecule has 0 fully saturated rings. The number of hydrogen-bond acceptors (Lipinski definition) is 5. The molecule has 0 saturated carbocycles. The molecule has 0 aliphatic heterocycles. The smallest absolute Gasteiger partial charge is 0.407 e. The number of benzene rings is 1. The van der Waals surface area contributed by atoms with Crippen LogP contribution < -0.4 is 5.32 Å². The predicted molar refractivity (Wildman–Crippen MR) is 92.6 cm³/mol. The van der Waals surface area contributed by atoms with Gasteiger partial charge in [0.2, 0.25) is 0 Å². The Labute approximate surface area is 145 Å². The van der Waals surface area contributed by atoms with Gasteiger partial charge in [0.15, 0.2) is 5.76 Å². The molecule has 0 saturated heterocycles.